The number of rotatable bonds is 3. The minimum Gasteiger partial charge on any atom is -0.299 e. The lowest BCUT2D eigenvalue weighted by molar-refractivity contribution is -0.120. The Balaban J connectivity index is 2.25. The van der Waals surface area contributed by atoms with Crippen LogP contribution in [-0.4, -0.2) is 5.78 Å². The molecule has 1 unspecified atom stereocenters. The molecule has 1 aliphatic rings. The Bertz CT molecular complexity index is 158. The fourth-order valence-electron chi connectivity index (χ4n) is 1.56. The lowest BCUT2D eigenvalue weighted by atomic mass is 10.0. The highest BCUT2D eigenvalue weighted by molar-refractivity contribution is 5.82. The Morgan fingerprint density at radius 2 is 2.36 bits per heavy atom. The molecule has 1 fully saturated rings. The topological polar surface area (TPSA) is 17.1 Å². The van der Waals surface area contributed by atoms with Gasteiger partial charge in [0, 0.05) is 12.3 Å². The zero-order valence-corrected chi connectivity index (χ0v) is 7.18. The van der Waals surface area contributed by atoms with Crippen LogP contribution in [-0.2, 0) is 4.79 Å². The van der Waals surface area contributed by atoms with Crippen LogP contribution in [0.2, 0.25) is 0 Å². The van der Waals surface area contributed by atoms with Gasteiger partial charge in [-0.1, -0.05) is 19.1 Å². The van der Waals surface area contributed by atoms with Crippen molar-refractivity contribution in [3.8, 4) is 0 Å². The fourth-order valence-corrected chi connectivity index (χ4v) is 1.56. The lowest BCUT2D eigenvalue weighted by Gasteiger charge is -2.01. The van der Waals surface area contributed by atoms with Crippen molar-refractivity contribution < 1.29 is 4.79 Å². The van der Waals surface area contributed by atoms with Gasteiger partial charge in [-0.05, 0) is 25.7 Å². The van der Waals surface area contributed by atoms with Gasteiger partial charge in [-0.25, -0.2) is 0 Å². The molecule has 0 amide bonds. The summed E-state index contributed by atoms with van der Waals surface area (Å²) >= 11 is 0. The largest absolute Gasteiger partial charge is 0.299 e. The Labute approximate surface area is 68.5 Å². The molecule has 1 heteroatoms. The van der Waals surface area contributed by atoms with Crippen molar-refractivity contribution in [3.05, 3.63) is 12.2 Å². The maximum Gasteiger partial charge on any atom is 0.136 e. The molecule has 0 aromatic heterocycles. The molecule has 1 nitrogen and oxygen atoms in total. The summed E-state index contributed by atoms with van der Waals surface area (Å²) in [4.78, 5) is 11.1. The first-order valence-electron chi connectivity index (χ1n) is 4.52. The third kappa shape index (κ3) is 2.49. The van der Waals surface area contributed by atoms with Gasteiger partial charge in [0.25, 0.3) is 0 Å². The molecule has 1 atom stereocenters. The zero-order chi connectivity index (χ0) is 8.10. The van der Waals surface area contributed by atoms with Gasteiger partial charge in [0.1, 0.15) is 5.78 Å². The van der Waals surface area contributed by atoms with Gasteiger partial charge in [0.2, 0.25) is 0 Å². The van der Waals surface area contributed by atoms with E-state index >= 15 is 0 Å². The molecule has 1 saturated carbocycles. The van der Waals surface area contributed by atoms with Gasteiger partial charge < -0.3 is 0 Å². The number of carbonyl (C=O) groups is 1. The predicted octanol–water partition coefficient (Wildman–Crippen LogP) is 2.71. The van der Waals surface area contributed by atoms with E-state index in [1.54, 1.807) is 0 Å². The van der Waals surface area contributed by atoms with E-state index in [0.29, 0.717) is 11.7 Å². The number of Topliss-reactive ketones (excluding diaryl/α,β-unsaturated/α-hetero) is 1. The molecule has 1 rings (SSSR count). The van der Waals surface area contributed by atoms with E-state index in [4.69, 9.17) is 0 Å². The van der Waals surface area contributed by atoms with Crippen LogP contribution >= 0.6 is 0 Å². The van der Waals surface area contributed by atoms with Crippen LogP contribution in [0.3, 0.4) is 0 Å². The minimum absolute atomic E-state index is 0.359. The third-order valence-electron chi connectivity index (χ3n) is 2.25. The second-order valence-corrected chi connectivity index (χ2v) is 3.17. The van der Waals surface area contributed by atoms with Crippen LogP contribution < -0.4 is 0 Å². The smallest absolute Gasteiger partial charge is 0.136 e. The number of hydrogen-bond donors (Lipinski definition) is 0. The molecule has 62 valence electrons. The van der Waals surface area contributed by atoms with E-state index in [-0.39, 0.29) is 0 Å². The molecule has 0 saturated heterocycles. The van der Waals surface area contributed by atoms with Crippen molar-refractivity contribution in [1.82, 2.24) is 0 Å². The van der Waals surface area contributed by atoms with Crippen molar-refractivity contribution in [2.45, 2.75) is 39.0 Å². The summed E-state index contributed by atoms with van der Waals surface area (Å²) < 4.78 is 0. The maximum absolute atomic E-state index is 11.1. The summed E-state index contributed by atoms with van der Waals surface area (Å²) in [7, 11) is 0. The van der Waals surface area contributed by atoms with E-state index in [0.717, 1.165) is 32.1 Å². The number of allylic oxidation sites excluding steroid dienone is 2. The van der Waals surface area contributed by atoms with Crippen molar-refractivity contribution in [1.29, 1.82) is 0 Å². The van der Waals surface area contributed by atoms with Crippen molar-refractivity contribution in [2.75, 3.05) is 0 Å². The fraction of sp³-hybridized carbons (Fsp3) is 0.700. The monoisotopic (exact) mass is 152 g/mol. The molecule has 0 heterocycles. The van der Waals surface area contributed by atoms with Crippen LogP contribution in [0.25, 0.3) is 0 Å². The van der Waals surface area contributed by atoms with Crippen molar-refractivity contribution in [3.63, 3.8) is 0 Å². The molecule has 0 bridgehead atoms. The normalized spacial score (nSPS) is 25.2. The van der Waals surface area contributed by atoms with Gasteiger partial charge in [-0.3, -0.25) is 4.79 Å². The van der Waals surface area contributed by atoms with Gasteiger partial charge in [-0.2, -0.15) is 0 Å². The second kappa shape index (κ2) is 4.32. The first kappa shape index (κ1) is 8.51. The highest BCUT2D eigenvalue weighted by Gasteiger charge is 2.22. The standard InChI is InChI=1S/C10H16O/c1-2-3-4-6-9-7-5-8-10(9)11/h3-4,9H,2,5-8H2,1H3/b4-3+. The van der Waals surface area contributed by atoms with Gasteiger partial charge in [-0.15, -0.1) is 0 Å². The summed E-state index contributed by atoms with van der Waals surface area (Å²) in [5.41, 5.74) is 0. The lowest BCUT2D eigenvalue weighted by Crippen LogP contribution is -2.03. The van der Waals surface area contributed by atoms with E-state index < -0.39 is 0 Å². The molecular formula is C10H16O. The Hall–Kier alpha value is -0.590. The summed E-state index contributed by atoms with van der Waals surface area (Å²) in [5, 5.41) is 0. The summed E-state index contributed by atoms with van der Waals surface area (Å²) in [6.45, 7) is 2.12. The van der Waals surface area contributed by atoms with E-state index in [1.165, 1.54) is 0 Å². The molecule has 0 aromatic rings. The average molecular weight is 152 g/mol. The zero-order valence-electron chi connectivity index (χ0n) is 7.18. The maximum atomic E-state index is 11.1. The molecule has 0 aromatic carbocycles. The molecule has 11 heavy (non-hydrogen) atoms. The first-order chi connectivity index (χ1) is 5.34. The minimum atomic E-state index is 0.359. The summed E-state index contributed by atoms with van der Waals surface area (Å²) in [6.07, 6.45) is 9.41. The Morgan fingerprint density at radius 1 is 1.55 bits per heavy atom. The van der Waals surface area contributed by atoms with Crippen LogP contribution in [0.1, 0.15) is 39.0 Å². The first-order valence-corrected chi connectivity index (χ1v) is 4.52. The van der Waals surface area contributed by atoms with Gasteiger partial charge in [0.05, 0.1) is 0 Å². The molecule has 0 radical (unpaired) electrons. The third-order valence-corrected chi connectivity index (χ3v) is 2.25. The SMILES string of the molecule is CC/C=C/CC1CCCC1=O. The average Bonchev–Trinajstić information content (AvgIpc) is 2.37. The molecule has 1 aliphatic carbocycles. The van der Waals surface area contributed by atoms with Crippen LogP contribution in [0, 0.1) is 5.92 Å². The van der Waals surface area contributed by atoms with E-state index in [2.05, 4.69) is 19.1 Å². The van der Waals surface area contributed by atoms with Gasteiger partial charge >= 0.3 is 0 Å². The quantitative estimate of drug-likeness (QED) is 0.568. The van der Waals surface area contributed by atoms with Crippen molar-refractivity contribution in [2.24, 2.45) is 5.92 Å². The molecule has 0 spiro atoms. The van der Waals surface area contributed by atoms with Crippen LogP contribution in [0.4, 0.5) is 0 Å². The second-order valence-electron chi connectivity index (χ2n) is 3.17. The van der Waals surface area contributed by atoms with Gasteiger partial charge in [0.15, 0.2) is 0 Å². The molecule has 0 aliphatic heterocycles. The Morgan fingerprint density at radius 3 is 2.91 bits per heavy atom. The molecule has 0 N–H and O–H groups in total. The number of hydrogen-bond acceptors (Lipinski definition) is 1. The number of carbonyl (C=O) groups excluding carboxylic acids is 1. The highest BCUT2D eigenvalue weighted by atomic mass is 16.1. The highest BCUT2D eigenvalue weighted by Crippen LogP contribution is 2.24. The van der Waals surface area contributed by atoms with E-state index in [1.807, 2.05) is 0 Å². The van der Waals surface area contributed by atoms with Crippen molar-refractivity contribution >= 4 is 5.78 Å². The summed E-state index contributed by atoms with van der Waals surface area (Å²) in [5.74, 6) is 0.837. The Kier molecular flexibility index (Phi) is 3.34. The van der Waals surface area contributed by atoms with E-state index in [9.17, 15) is 4.79 Å². The number of ketones is 1. The van der Waals surface area contributed by atoms with Crippen LogP contribution in [0.5, 0.6) is 0 Å². The predicted molar refractivity (Wildman–Crippen MR) is 46.4 cm³/mol. The molecular weight excluding hydrogens is 136 g/mol. The van der Waals surface area contributed by atoms with Crippen LogP contribution in [0.15, 0.2) is 12.2 Å². The summed E-state index contributed by atoms with van der Waals surface area (Å²) in [6, 6.07) is 0.